The number of rotatable bonds is 7. The summed E-state index contributed by atoms with van der Waals surface area (Å²) in [4.78, 5) is 16.2. The van der Waals surface area contributed by atoms with Crippen LogP contribution in [-0.4, -0.2) is 30.2 Å². The number of furan rings is 1. The lowest BCUT2D eigenvalue weighted by Crippen LogP contribution is -2.37. The number of amides is 1. The molecule has 0 radical (unpaired) electrons. The first kappa shape index (κ1) is 20.3. The molecule has 0 aliphatic rings. The van der Waals surface area contributed by atoms with Crippen LogP contribution in [0.25, 0.3) is 0 Å². The molecular weight excluding hydrogens is 425 g/mol. The molecule has 1 N–H and O–H groups in total. The predicted molar refractivity (Wildman–Crippen MR) is 106 cm³/mol. The van der Waals surface area contributed by atoms with Crippen LogP contribution < -0.4 is 5.32 Å². The van der Waals surface area contributed by atoms with Crippen LogP contribution in [0.1, 0.15) is 5.76 Å². The first-order valence-corrected chi connectivity index (χ1v) is 10.2. The predicted octanol–water partition coefficient (Wildman–Crippen LogP) is 3.81. The van der Waals surface area contributed by atoms with E-state index in [-0.39, 0.29) is 16.6 Å². The number of halogens is 2. The van der Waals surface area contributed by atoms with Crippen molar-refractivity contribution in [3.8, 4) is 0 Å². The Bertz CT molecular complexity index is 1050. The average Bonchev–Trinajstić information content (AvgIpc) is 3.14. The number of hydrogen-bond acceptors (Lipinski definition) is 5. The first-order chi connectivity index (χ1) is 13.3. The van der Waals surface area contributed by atoms with Crippen molar-refractivity contribution in [2.45, 2.75) is 11.4 Å². The smallest absolute Gasteiger partial charge is 0.245 e. The van der Waals surface area contributed by atoms with Crippen molar-refractivity contribution in [2.75, 3.05) is 11.9 Å². The molecule has 0 spiro atoms. The van der Waals surface area contributed by atoms with E-state index in [4.69, 9.17) is 27.6 Å². The molecular formula is C18H15Cl2N3O4S. The highest BCUT2D eigenvalue weighted by Gasteiger charge is 2.28. The number of hydrogen-bond donors (Lipinski definition) is 1. The summed E-state index contributed by atoms with van der Waals surface area (Å²) < 4.78 is 32.3. The maximum Gasteiger partial charge on any atom is 0.245 e. The second-order valence-corrected chi connectivity index (χ2v) is 8.49. The van der Waals surface area contributed by atoms with Gasteiger partial charge in [-0.25, -0.2) is 13.4 Å². The van der Waals surface area contributed by atoms with Crippen LogP contribution in [0.4, 0.5) is 5.69 Å². The Morgan fingerprint density at radius 1 is 1.14 bits per heavy atom. The Hall–Kier alpha value is -2.39. The van der Waals surface area contributed by atoms with Crippen molar-refractivity contribution in [3.05, 3.63) is 76.9 Å². The number of pyridine rings is 1. The molecule has 3 aromatic rings. The zero-order valence-electron chi connectivity index (χ0n) is 14.4. The fraction of sp³-hybridized carbons (Fsp3) is 0.111. The molecule has 146 valence electrons. The van der Waals surface area contributed by atoms with Crippen molar-refractivity contribution < 1.29 is 17.6 Å². The summed E-state index contributed by atoms with van der Waals surface area (Å²) in [6, 6.07) is 12.5. The van der Waals surface area contributed by atoms with Gasteiger partial charge in [0.25, 0.3) is 0 Å². The van der Waals surface area contributed by atoms with Crippen LogP contribution in [-0.2, 0) is 21.4 Å². The van der Waals surface area contributed by atoms with Crippen molar-refractivity contribution in [1.29, 1.82) is 0 Å². The minimum atomic E-state index is -4.02. The molecule has 2 aromatic heterocycles. The number of nitrogens with one attached hydrogen (secondary N) is 1. The number of aromatic nitrogens is 1. The average molecular weight is 440 g/mol. The van der Waals surface area contributed by atoms with E-state index in [2.05, 4.69) is 10.3 Å². The van der Waals surface area contributed by atoms with E-state index >= 15 is 0 Å². The molecule has 0 fully saturated rings. The van der Waals surface area contributed by atoms with Gasteiger partial charge in [-0.15, -0.1) is 0 Å². The summed E-state index contributed by atoms with van der Waals surface area (Å²) >= 11 is 11.6. The van der Waals surface area contributed by atoms with Gasteiger partial charge in [-0.05, 0) is 42.5 Å². The molecule has 0 bridgehead atoms. The minimum absolute atomic E-state index is 0.0842. The molecule has 0 aliphatic heterocycles. The second-order valence-electron chi connectivity index (χ2n) is 5.73. The maximum absolute atomic E-state index is 13.0. The number of nitrogens with zero attached hydrogens (tertiary/aromatic N) is 2. The lowest BCUT2D eigenvalue weighted by molar-refractivity contribution is -0.116. The lowest BCUT2D eigenvalue weighted by atomic mass is 10.3. The van der Waals surface area contributed by atoms with Crippen molar-refractivity contribution in [2.24, 2.45) is 0 Å². The van der Waals surface area contributed by atoms with E-state index in [1.807, 2.05) is 0 Å². The summed E-state index contributed by atoms with van der Waals surface area (Å²) in [5.74, 6) is -0.139. The summed E-state index contributed by atoms with van der Waals surface area (Å²) in [7, 11) is -4.02. The standard InChI is InChI=1S/C18H15Cl2N3O4S/c19-13-3-1-4-14(9-13)22-18(24)12-23(11-15-5-2-8-27-15)28(25,26)16-6-7-17(20)21-10-16/h1-10H,11-12H2,(H,22,24). The van der Waals surface area contributed by atoms with Crippen LogP contribution in [0.2, 0.25) is 10.2 Å². The van der Waals surface area contributed by atoms with Crippen molar-refractivity contribution in [1.82, 2.24) is 9.29 Å². The third-order valence-corrected chi connectivity index (χ3v) is 5.91. The molecule has 1 amide bonds. The molecule has 0 aliphatic carbocycles. The zero-order chi connectivity index (χ0) is 20.1. The molecule has 0 saturated carbocycles. The molecule has 0 unspecified atom stereocenters. The van der Waals surface area contributed by atoms with E-state index in [9.17, 15) is 13.2 Å². The van der Waals surface area contributed by atoms with Gasteiger partial charge in [0.1, 0.15) is 15.8 Å². The van der Waals surface area contributed by atoms with Gasteiger partial charge in [0.2, 0.25) is 15.9 Å². The second kappa shape index (κ2) is 8.74. The van der Waals surface area contributed by atoms with Crippen molar-refractivity contribution in [3.63, 3.8) is 0 Å². The molecule has 0 saturated heterocycles. The first-order valence-electron chi connectivity index (χ1n) is 8.04. The Morgan fingerprint density at radius 3 is 2.61 bits per heavy atom. The highest BCUT2D eigenvalue weighted by molar-refractivity contribution is 7.89. The maximum atomic E-state index is 13.0. The van der Waals surface area contributed by atoms with Gasteiger partial charge >= 0.3 is 0 Å². The molecule has 0 atom stereocenters. The molecule has 10 heteroatoms. The third-order valence-electron chi connectivity index (χ3n) is 3.68. The van der Waals surface area contributed by atoms with Crippen LogP contribution in [0.5, 0.6) is 0 Å². The fourth-order valence-electron chi connectivity index (χ4n) is 2.39. The Morgan fingerprint density at radius 2 is 1.96 bits per heavy atom. The monoisotopic (exact) mass is 439 g/mol. The van der Waals surface area contributed by atoms with Gasteiger partial charge in [-0.2, -0.15) is 4.31 Å². The molecule has 1 aromatic carbocycles. The number of benzene rings is 1. The van der Waals surface area contributed by atoms with Crippen LogP contribution in [0.15, 0.2) is 70.3 Å². The molecule has 3 rings (SSSR count). The Balaban J connectivity index is 1.84. The summed E-state index contributed by atoms with van der Waals surface area (Å²) in [6.07, 6.45) is 2.57. The van der Waals surface area contributed by atoms with Crippen molar-refractivity contribution >= 4 is 44.8 Å². The third kappa shape index (κ3) is 5.11. The Labute approximate surface area is 171 Å². The highest BCUT2D eigenvalue weighted by Crippen LogP contribution is 2.20. The summed E-state index contributed by atoms with van der Waals surface area (Å²) in [5.41, 5.74) is 0.459. The zero-order valence-corrected chi connectivity index (χ0v) is 16.7. The summed E-state index contributed by atoms with van der Waals surface area (Å²) in [5, 5.41) is 3.24. The molecule has 2 heterocycles. The van der Waals surface area contributed by atoms with E-state index < -0.39 is 22.5 Å². The number of anilines is 1. The quantitative estimate of drug-likeness (QED) is 0.564. The highest BCUT2D eigenvalue weighted by atomic mass is 35.5. The van der Waals surface area contributed by atoms with E-state index in [0.717, 1.165) is 10.5 Å². The van der Waals surface area contributed by atoms with Gasteiger partial charge in [0, 0.05) is 16.9 Å². The van der Waals surface area contributed by atoms with Gasteiger partial charge in [-0.1, -0.05) is 29.3 Å². The molecule has 28 heavy (non-hydrogen) atoms. The fourth-order valence-corrected chi connectivity index (χ4v) is 4.00. The van der Waals surface area contributed by atoms with Gasteiger partial charge < -0.3 is 9.73 Å². The van der Waals surface area contributed by atoms with E-state index in [0.29, 0.717) is 16.5 Å². The Kier molecular flexibility index (Phi) is 6.35. The topological polar surface area (TPSA) is 92.5 Å². The SMILES string of the molecule is O=C(CN(Cc1ccco1)S(=O)(=O)c1ccc(Cl)nc1)Nc1cccc(Cl)c1. The number of carbonyl (C=O) groups is 1. The van der Waals surface area contributed by atoms with Gasteiger partial charge in [0.05, 0.1) is 19.4 Å². The minimum Gasteiger partial charge on any atom is -0.468 e. The van der Waals surface area contributed by atoms with Gasteiger partial charge in [0.15, 0.2) is 0 Å². The van der Waals surface area contributed by atoms with Crippen LogP contribution in [0.3, 0.4) is 0 Å². The van der Waals surface area contributed by atoms with E-state index in [1.165, 1.54) is 18.4 Å². The largest absolute Gasteiger partial charge is 0.468 e. The normalized spacial score (nSPS) is 11.5. The number of carbonyl (C=O) groups excluding carboxylic acids is 1. The summed E-state index contributed by atoms with van der Waals surface area (Å²) in [6.45, 7) is -0.556. The number of sulfonamides is 1. The van der Waals surface area contributed by atoms with Crippen LogP contribution >= 0.6 is 23.2 Å². The van der Waals surface area contributed by atoms with E-state index in [1.54, 1.807) is 36.4 Å². The van der Waals surface area contributed by atoms with Crippen LogP contribution in [0, 0.1) is 0 Å². The lowest BCUT2D eigenvalue weighted by Gasteiger charge is -2.20. The molecule has 7 nitrogen and oxygen atoms in total. The van der Waals surface area contributed by atoms with Gasteiger partial charge in [-0.3, -0.25) is 4.79 Å².